The molecule has 102 valence electrons. The molecule has 0 N–H and O–H groups in total. The highest BCUT2D eigenvalue weighted by molar-refractivity contribution is 5.98. The Hall–Kier alpha value is -1.12. The van der Waals surface area contributed by atoms with E-state index in [9.17, 15) is 9.18 Å². The molecule has 0 spiro atoms. The Balaban J connectivity index is 3.03. The maximum atomic E-state index is 13.9. The van der Waals surface area contributed by atoms with Crippen molar-refractivity contribution < 1.29 is 9.18 Å². The Kier molecular flexibility index (Phi) is 5.57. The van der Waals surface area contributed by atoms with E-state index in [2.05, 4.69) is 0 Å². The number of piperidine rings is 1. The molecule has 1 amide bonds. The van der Waals surface area contributed by atoms with Crippen LogP contribution < -0.4 is 0 Å². The molecule has 1 fully saturated rings. The van der Waals surface area contributed by atoms with Crippen molar-refractivity contribution in [3.8, 4) is 0 Å². The number of allylic oxidation sites excluding steroid dienone is 2. The monoisotopic (exact) mass is 253 g/mol. The average Bonchev–Trinajstić information content (AvgIpc) is 2.38. The van der Waals surface area contributed by atoms with Crippen LogP contribution in [0.4, 0.5) is 4.39 Å². The molecule has 1 heterocycles. The summed E-state index contributed by atoms with van der Waals surface area (Å²) in [5.74, 6) is -0.533. The molecule has 18 heavy (non-hydrogen) atoms. The fraction of sp³-hybridized carbons (Fsp3) is 0.667. The van der Waals surface area contributed by atoms with Crippen molar-refractivity contribution in [2.45, 2.75) is 59.4 Å². The van der Waals surface area contributed by atoms with Crippen molar-refractivity contribution in [1.29, 1.82) is 0 Å². The van der Waals surface area contributed by atoms with E-state index in [1.165, 1.54) is 6.08 Å². The van der Waals surface area contributed by atoms with Crippen molar-refractivity contribution in [2.24, 2.45) is 0 Å². The van der Waals surface area contributed by atoms with Gasteiger partial charge in [0.25, 0.3) is 5.91 Å². The summed E-state index contributed by atoms with van der Waals surface area (Å²) in [4.78, 5) is 14.3. The maximum Gasteiger partial charge on any atom is 0.256 e. The van der Waals surface area contributed by atoms with Crippen LogP contribution in [0.25, 0.3) is 0 Å². The maximum absolute atomic E-state index is 13.9. The molecule has 1 rings (SSSR count). The molecule has 2 nitrogen and oxygen atoms in total. The van der Waals surface area contributed by atoms with Crippen molar-refractivity contribution in [3.63, 3.8) is 0 Å². The van der Waals surface area contributed by atoms with Gasteiger partial charge in [0.1, 0.15) is 5.83 Å². The summed E-state index contributed by atoms with van der Waals surface area (Å²) in [6.45, 7) is 8.21. The number of nitrogens with zero attached hydrogens (tertiary/aromatic N) is 1. The van der Waals surface area contributed by atoms with Crippen LogP contribution in [0.3, 0.4) is 0 Å². The van der Waals surface area contributed by atoms with Gasteiger partial charge in [-0.2, -0.15) is 0 Å². The lowest BCUT2D eigenvalue weighted by Gasteiger charge is -2.34. The average molecular weight is 253 g/mol. The first-order valence-corrected chi connectivity index (χ1v) is 6.85. The van der Waals surface area contributed by atoms with Crippen LogP contribution in [0, 0.1) is 0 Å². The van der Waals surface area contributed by atoms with Crippen LogP contribution in [0.2, 0.25) is 0 Å². The Morgan fingerprint density at radius 2 is 2.11 bits per heavy atom. The first-order chi connectivity index (χ1) is 8.52. The quantitative estimate of drug-likeness (QED) is 0.550. The summed E-state index contributed by atoms with van der Waals surface area (Å²) in [7, 11) is 0. The third-order valence-corrected chi connectivity index (χ3v) is 3.73. The van der Waals surface area contributed by atoms with E-state index in [1.54, 1.807) is 6.92 Å². The summed E-state index contributed by atoms with van der Waals surface area (Å²) in [5, 5.41) is 0. The van der Waals surface area contributed by atoms with Gasteiger partial charge in [-0.05, 0) is 46.5 Å². The zero-order valence-electron chi connectivity index (χ0n) is 11.9. The Morgan fingerprint density at radius 3 is 2.61 bits per heavy atom. The molecule has 1 aliphatic heterocycles. The first-order valence-electron chi connectivity index (χ1n) is 6.85. The minimum atomic E-state index is -0.392. The minimum absolute atomic E-state index is 0.142. The molecular weight excluding hydrogens is 229 g/mol. The fourth-order valence-corrected chi connectivity index (χ4v) is 2.35. The van der Waals surface area contributed by atoms with Crippen molar-refractivity contribution >= 4 is 5.91 Å². The van der Waals surface area contributed by atoms with Gasteiger partial charge in [-0.3, -0.25) is 4.79 Å². The number of amides is 1. The topological polar surface area (TPSA) is 20.3 Å². The molecule has 0 aliphatic carbocycles. The van der Waals surface area contributed by atoms with E-state index in [0.717, 1.165) is 31.4 Å². The third kappa shape index (κ3) is 3.21. The normalized spacial score (nSPS) is 22.8. The fourth-order valence-electron chi connectivity index (χ4n) is 2.35. The predicted octanol–water partition coefficient (Wildman–Crippen LogP) is 3.99. The molecule has 0 aromatic heterocycles. The molecule has 1 saturated heterocycles. The molecule has 0 unspecified atom stereocenters. The van der Waals surface area contributed by atoms with E-state index in [1.807, 2.05) is 25.7 Å². The van der Waals surface area contributed by atoms with Crippen molar-refractivity contribution in [1.82, 2.24) is 4.90 Å². The SMILES string of the molecule is C/C=C(F)\C(C(=O)N1CCCC[C@@H]1C)=C(\C)CC. The van der Waals surface area contributed by atoms with Gasteiger partial charge in [0, 0.05) is 12.6 Å². The van der Waals surface area contributed by atoms with Crippen molar-refractivity contribution in [2.75, 3.05) is 6.54 Å². The molecule has 1 atom stereocenters. The first kappa shape index (κ1) is 14.9. The molecule has 0 aromatic rings. The lowest BCUT2D eigenvalue weighted by Crippen LogP contribution is -2.43. The highest BCUT2D eigenvalue weighted by Gasteiger charge is 2.28. The van der Waals surface area contributed by atoms with Gasteiger partial charge in [0.2, 0.25) is 0 Å². The number of halogens is 1. The number of rotatable bonds is 3. The molecule has 1 aliphatic rings. The molecule has 0 bridgehead atoms. The van der Waals surface area contributed by atoms with Gasteiger partial charge in [-0.1, -0.05) is 18.6 Å². The van der Waals surface area contributed by atoms with Gasteiger partial charge >= 0.3 is 0 Å². The summed E-state index contributed by atoms with van der Waals surface area (Å²) in [6.07, 6.45) is 5.27. The van der Waals surface area contributed by atoms with Gasteiger partial charge in [0.15, 0.2) is 0 Å². The van der Waals surface area contributed by atoms with Crippen LogP contribution in [-0.4, -0.2) is 23.4 Å². The van der Waals surface area contributed by atoms with Crippen LogP contribution in [0.1, 0.15) is 53.4 Å². The molecule has 0 saturated carbocycles. The zero-order chi connectivity index (χ0) is 13.7. The number of carbonyl (C=O) groups excluding carboxylic acids is 1. The van der Waals surface area contributed by atoms with Crippen molar-refractivity contribution in [3.05, 3.63) is 23.0 Å². The Morgan fingerprint density at radius 1 is 1.44 bits per heavy atom. The van der Waals surface area contributed by atoms with E-state index < -0.39 is 5.83 Å². The van der Waals surface area contributed by atoms with Crippen LogP contribution >= 0.6 is 0 Å². The molecule has 0 aromatic carbocycles. The van der Waals surface area contributed by atoms with Gasteiger partial charge in [0.05, 0.1) is 5.57 Å². The zero-order valence-corrected chi connectivity index (χ0v) is 11.9. The van der Waals surface area contributed by atoms with E-state index in [0.29, 0.717) is 6.42 Å². The predicted molar refractivity (Wildman–Crippen MR) is 72.9 cm³/mol. The molecule has 3 heteroatoms. The third-order valence-electron chi connectivity index (χ3n) is 3.73. The van der Waals surface area contributed by atoms with Gasteiger partial charge in [-0.15, -0.1) is 0 Å². The number of likely N-dealkylation sites (tertiary alicyclic amines) is 1. The van der Waals surface area contributed by atoms with E-state index in [-0.39, 0.29) is 17.5 Å². The summed E-state index contributed by atoms with van der Waals surface area (Å²) in [6, 6.07) is 0.218. The van der Waals surface area contributed by atoms with E-state index in [4.69, 9.17) is 0 Å². The number of hydrogen-bond acceptors (Lipinski definition) is 1. The molecule has 0 radical (unpaired) electrons. The highest BCUT2D eigenvalue weighted by atomic mass is 19.1. The second-order valence-corrected chi connectivity index (χ2v) is 4.99. The minimum Gasteiger partial charge on any atom is -0.336 e. The summed E-state index contributed by atoms with van der Waals surface area (Å²) in [5.41, 5.74) is 1.10. The highest BCUT2D eigenvalue weighted by Crippen LogP contribution is 2.25. The number of carbonyl (C=O) groups is 1. The molecular formula is C15H24FNO. The largest absolute Gasteiger partial charge is 0.336 e. The second kappa shape index (κ2) is 6.72. The number of hydrogen-bond donors (Lipinski definition) is 0. The summed E-state index contributed by atoms with van der Waals surface area (Å²) >= 11 is 0. The van der Waals surface area contributed by atoms with Gasteiger partial charge < -0.3 is 4.90 Å². The Bertz CT molecular complexity index is 371. The summed E-state index contributed by atoms with van der Waals surface area (Å²) < 4.78 is 13.9. The van der Waals surface area contributed by atoms with Gasteiger partial charge in [-0.25, -0.2) is 4.39 Å². The lowest BCUT2D eigenvalue weighted by atomic mass is 9.99. The smallest absolute Gasteiger partial charge is 0.256 e. The lowest BCUT2D eigenvalue weighted by molar-refractivity contribution is -0.130. The standard InChI is InChI=1S/C15H24FNO/c1-5-11(3)14(13(16)6-2)15(18)17-10-8-7-9-12(17)4/h6,12H,5,7-10H2,1-4H3/b13-6+,14-11+/t12-/m0/s1. The Labute approximate surface area is 110 Å². The van der Waals surface area contributed by atoms with Crippen LogP contribution in [0.15, 0.2) is 23.0 Å². The van der Waals surface area contributed by atoms with Crippen LogP contribution in [-0.2, 0) is 4.79 Å². The van der Waals surface area contributed by atoms with E-state index >= 15 is 0 Å². The second-order valence-electron chi connectivity index (χ2n) is 4.99. The van der Waals surface area contributed by atoms with Crippen LogP contribution in [0.5, 0.6) is 0 Å².